The van der Waals surface area contributed by atoms with Gasteiger partial charge in [-0.3, -0.25) is 4.79 Å². The number of ether oxygens (including phenoxy) is 3. The smallest absolute Gasteiger partial charge is 0.165 e. The lowest BCUT2D eigenvalue weighted by atomic mass is 9.72. The number of carbonyl (C=O) groups excluding carboxylic acids is 1. The van der Waals surface area contributed by atoms with Crippen molar-refractivity contribution in [2.24, 2.45) is 0 Å². The van der Waals surface area contributed by atoms with Crippen LogP contribution in [0.4, 0.5) is 0 Å². The minimum absolute atomic E-state index is 0.0921. The lowest BCUT2D eigenvalue weighted by Gasteiger charge is -2.36. The van der Waals surface area contributed by atoms with E-state index < -0.39 is 19.8 Å². The van der Waals surface area contributed by atoms with E-state index in [9.17, 15) is 13.2 Å². The summed E-state index contributed by atoms with van der Waals surface area (Å²) in [6.07, 6.45) is 8.95. The molecule has 1 atom stereocenters. The van der Waals surface area contributed by atoms with Crippen molar-refractivity contribution in [2.75, 3.05) is 26.4 Å². The van der Waals surface area contributed by atoms with E-state index in [4.69, 9.17) is 18.7 Å². The summed E-state index contributed by atoms with van der Waals surface area (Å²) in [5.74, 6) is 0.0420. The molecule has 3 aliphatic rings. The fraction of sp³-hybridized carbons (Fsp3) is 0.840. The van der Waals surface area contributed by atoms with Gasteiger partial charge in [-0.1, -0.05) is 24.4 Å². The maximum Gasteiger partial charge on any atom is 0.165 e. The molecule has 0 N–H and O–H groups in total. The molecule has 34 heavy (non-hydrogen) atoms. The van der Waals surface area contributed by atoms with E-state index in [0.717, 1.165) is 57.2 Å². The summed E-state index contributed by atoms with van der Waals surface area (Å²) in [7, 11) is -3.65. The molecule has 0 bridgehead atoms. The van der Waals surface area contributed by atoms with E-state index in [0.29, 0.717) is 38.4 Å². The molecule has 0 radical (unpaired) electrons. The fourth-order valence-corrected chi connectivity index (χ4v) is 7.41. The zero-order chi connectivity index (χ0) is 24.2. The summed E-state index contributed by atoms with van der Waals surface area (Å²) in [6.45, 7) is 5.10. The second-order valence-corrected chi connectivity index (χ2v) is 13.4. The van der Waals surface area contributed by atoms with Crippen LogP contribution in [-0.4, -0.2) is 62.1 Å². The summed E-state index contributed by atoms with van der Waals surface area (Å²) in [6, 6.07) is 1.84. The Labute approximate surface area is 203 Å². The van der Waals surface area contributed by atoms with Gasteiger partial charge < -0.3 is 18.7 Å². The lowest BCUT2D eigenvalue weighted by Crippen LogP contribution is -2.48. The van der Waals surface area contributed by atoms with Crippen molar-refractivity contribution in [3.05, 3.63) is 17.5 Å². The number of sulfone groups is 1. The zero-order valence-corrected chi connectivity index (χ0v) is 21.4. The van der Waals surface area contributed by atoms with Crippen LogP contribution in [0.1, 0.15) is 89.5 Å². The number of ketones is 1. The number of carbonyl (C=O) groups is 1. The standard InChI is InChI=1S/C25H39NO7S/c1-24(2,34(28,29)20-9-14-30-15-10-20)22(27)17-19-16-21(26-33-19)25(11-5-3-6-12-25)18-32-23-8-4-7-13-31-23/h16,20,23H,3-15,17-18H2,1-2H3. The molecular weight excluding hydrogens is 458 g/mol. The normalized spacial score (nSPS) is 24.7. The Morgan fingerprint density at radius 3 is 2.50 bits per heavy atom. The predicted molar refractivity (Wildman–Crippen MR) is 126 cm³/mol. The Morgan fingerprint density at radius 2 is 1.82 bits per heavy atom. The topological polar surface area (TPSA) is 105 Å². The Hall–Kier alpha value is -1.29. The van der Waals surface area contributed by atoms with Gasteiger partial charge in [0.2, 0.25) is 0 Å². The molecule has 9 heteroatoms. The minimum atomic E-state index is -3.65. The first-order chi connectivity index (χ1) is 16.2. The maximum atomic E-state index is 13.2. The van der Waals surface area contributed by atoms with Gasteiger partial charge in [0.15, 0.2) is 21.9 Å². The second-order valence-electron chi connectivity index (χ2n) is 10.6. The van der Waals surface area contributed by atoms with Crippen molar-refractivity contribution in [1.29, 1.82) is 0 Å². The third-order valence-electron chi connectivity index (χ3n) is 7.92. The predicted octanol–water partition coefficient (Wildman–Crippen LogP) is 3.90. The van der Waals surface area contributed by atoms with Crippen molar-refractivity contribution < 1.29 is 31.9 Å². The monoisotopic (exact) mass is 497 g/mol. The molecule has 192 valence electrons. The molecule has 3 heterocycles. The highest BCUT2D eigenvalue weighted by atomic mass is 32.2. The Morgan fingerprint density at radius 1 is 1.09 bits per heavy atom. The van der Waals surface area contributed by atoms with E-state index in [-0.39, 0.29) is 23.9 Å². The first-order valence-corrected chi connectivity index (χ1v) is 14.3. The Balaban J connectivity index is 1.45. The Bertz CT molecular complexity index is 921. The van der Waals surface area contributed by atoms with Crippen LogP contribution in [0.5, 0.6) is 0 Å². The Kier molecular flexibility index (Phi) is 8.17. The molecule has 8 nitrogen and oxygen atoms in total. The number of hydrogen-bond acceptors (Lipinski definition) is 8. The van der Waals surface area contributed by atoms with E-state index in [1.807, 2.05) is 6.07 Å². The van der Waals surface area contributed by atoms with Crippen LogP contribution in [0.2, 0.25) is 0 Å². The average molecular weight is 498 g/mol. The molecule has 1 saturated carbocycles. The molecule has 1 aliphatic carbocycles. The van der Waals surface area contributed by atoms with Crippen LogP contribution in [0.3, 0.4) is 0 Å². The largest absolute Gasteiger partial charge is 0.381 e. The fourth-order valence-electron chi connectivity index (χ4n) is 5.38. The van der Waals surface area contributed by atoms with Crippen molar-refractivity contribution in [1.82, 2.24) is 5.16 Å². The summed E-state index contributed by atoms with van der Waals surface area (Å²) >= 11 is 0. The molecule has 1 unspecified atom stereocenters. The third kappa shape index (κ3) is 5.42. The van der Waals surface area contributed by atoms with Crippen molar-refractivity contribution in [3.63, 3.8) is 0 Å². The van der Waals surface area contributed by atoms with Gasteiger partial charge in [0, 0.05) is 31.3 Å². The summed E-state index contributed by atoms with van der Waals surface area (Å²) in [5.41, 5.74) is 0.545. The minimum Gasteiger partial charge on any atom is -0.381 e. The van der Waals surface area contributed by atoms with Gasteiger partial charge in [-0.15, -0.1) is 0 Å². The average Bonchev–Trinajstić information content (AvgIpc) is 3.33. The zero-order valence-electron chi connectivity index (χ0n) is 20.6. The highest BCUT2D eigenvalue weighted by Crippen LogP contribution is 2.40. The third-order valence-corrected chi connectivity index (χ3v) is 10.9. The van der Waals surface area contributed by atoms with Crippen LogP contribution in [0, 0.1) is 0 Å². The van der Waals surface area contributed by atoms with Gasteiger partial charge >= 0.3 is 0 Å². The van der Waals surface area contributed by atoms with E-state index >= 15 is 0 Å². The molecule has 0 aromatic carbocycles. The van der Waals surface area contributed by atoms with Crippen LogP contribution < -0.4 is 0 Å². The molecule has 3 fully saturated rings. The van der Waals surface area contributed by atoms with Crippen LogP contribution in [0.25, 0.3) is 0 Å². The molecule has 4 rings (SSSR count). The number of Topliss-reactive ketones (excluding diaryl/α,β-unsaturated/α-hetero) is 1. The van der Waals surface area contributed by atoms with Crippen molar-refractivity contribution in [3.8, 4) is 0 Å². The van der Waals surface area contributed by atoms with Crippen molar-refractivity contribution >= 4 is 15.6 Å². The molecular formula is C25H39NO7S. The van der Waals surface area contributed by atoms with Crippen LogP contribution in [-0.2, 0) is 40.7 Å². The number of rotatable bonds is 9. The summed E-state index contributed by atoms with van der Waals surface area (Å²) < 4.78 is 47.8. The van der Waals surface area contributed by atoms with E-state index in [1.165, 1.54) is 20.3 Å². The molecule has 2 saturated heterocycles. The SMILES string of the molecule is CC(C)(C(=O)Cc1cc(C2(COC3CCCCO3)CCCCC2)no1)S(=O)(=O)C1CCOCC1. The summed E-state index contributed by atoms with van der Waals surface area (Å²) in [4.78, 5) is 13.2. The number of hydrogen-bond donors (Lipinski definition) is 0. The van der Waals surface area contributed by atoms with Crippen molar-refractivity contribution in [2.45, 2.75) is 106 Å². The van der Waals surface area contributed by atoms with Crippen LogP contribution in [0.15, 0.2) is 10.6 Å². The van der Waals surface area contributed by atoms with Gasteiger partial charge in [-0.05, 0) is 58.8 Å². The molecule has 0 spiro atoms. The highest BCUT2D eigenvalue weighted by molar-refractivity contribution is 7.94. The molecule has 1 aromatic heterocycles. The molecule has 2 aliphatic heterocycles. The quantitative estimate of drug-likeness (QED) is 0.506. The molecule has 1 aromatic rings. The number of nitrogens with zero attached hydrogens (tertiary/aromatic N) is 1. The van der Waals surface area contributed by atoms with E-state index in [1.54, 1.807) is 0 Å². The lowest BCUT2D eigenvalue weighted by molar-refractivity contribution is -0.174. The first-order valence-electron chi connectivity index (χ1n) is 12.8. The highest BCUT2D eigenvalue weighted by Gasteiger charge is 2.46. The first kappa shape index (κ1) is 25.8. The van der Waals surface area contributed by atoms with Gasteiger partial charge in [-0.2, -0.15) is 0 Å². The van der Waals surface area contributed by atoms with Gasteiger partial charge in [0.1, 0.15) is 10.5 Å². The summed E-state index contributed by atoms with van der Waals surface area (Å²) in [5, 5.41) is 3.80. The second kappa shape index (κ2) is 10.8. The maximum absolute atomic E-state index is 13.2. The van der Waals surface area contributed by atoms with Gasteiger partial charge in [-0.25, -0.2) is 8.42 Å². The van der Waals surface area contributed by atoms with E-state index in [2.05, 4.69) is 5.16 Å². The van der Waals surface area contributed by atoms with Gasteiger partial charge in [0.05, 0.1) is 24.0 Å². The van der Waals surface area contributed by atoms with Gasteiger partial charge in [0.25, 0.3) is 0 Å². The van der Waals surface area contributed by atoms with Crippen LogP contribution >= 0.6 is 0 Å². The number of aromatic nitrogens is 1. The molecule has 0 amide bonds.